The van der Waals surface area contributed by atoms with Crippen molar-refractivity contribution < 1.29 is 19.1 Å². The van der Waals surface area contributed by atoms with Crippen molar-refractivity contribution in [3.63, 3.8) is 0 Å². The molecule has 0 saturated carbocycles. The fourth-order valence-corrected chi connectivity index (χ4v) is 3.39. The van der Waals surface area contributed by atoms with Gasteiger partial charge in [-0.1, -0.05) is 12.1 Å². The molecule has 1 atom stereocenters. The largest absolute Gasteiger partial charge is 0.454 e. The van der Waals surface area contributed by atoms with E-state index in [4.69, 9.17) is 9.47 Å². The van der Waals surface area contributed by atoms with Crippen LogP contribution < -0.4 is 25.0 Å². The summed E-state index contributed by atoms with van der Waals surface area (Å²) in [5.41, 5.74) is 2.61. The van der Waals surface area contributed by atoms with Crippen LogP contribution in [0.15, 0.2) is 42.5 Å². The van der Waals surface area contributed by atoms with E-state index in [2.05, 4.69) is 10.6 Å². The van der Waals surface area contributed by atoms with E-state index in [1.807, 2.05) is 49.4 Å². The minimum atomic E-state index is -0.418. The Labute approximate surface area is 163 Å². The average molecular weight is 381 g/mol. The Bertz CT molecular complexity index is 899. The number of nitrogens with zero attached hydrogens (tertiary/aromatic N) is 1. The first-order chi connectivity index (χ1) is 13.6. The molecular weight excluding hydrogens is 358 g/mol. The Kier molecular flexibility index (Phi) is 5.06. The van der Waals surface area contributed by atoms with E-state index in [-0.39, 0.29) is 18.6 Å². The minimum absolute atomic E-state index is 0.111. The molecule has 2 amide bonds. The molecule has 0 aromatic heterocycles. The van der Waals surface area contributed by atoms with E-state index in [0.29, 0.717) is 18.7 Å². The second kappa shape index (κ2) is 7.80. The van der Waals surface area contributed by atoms with E-state index in [1.54, 1.807) is 4.90 Å². The highest BCUT2D eigenvalue weighted by atomic mass is 16.7. The smallest absolute Gasteiger partial charge is 0.242 e. The second-order valence-corrected chi connectivity index (χ2v) is 6.97. The zero-order chi connectivity index (χ0) is 19.5. The van der Waals surface area contributed by atoms with Crippen LogP contribution in [0.5, 0.6) is 11.5 Å². The average Bonchev–Trinajstić information content (AvgIpc) is 3.34. The van der Waals surface area contributed by atoms with Gasteiger partial charge in [-0.05, 0) is 49.2 Å². The molecule has 2 heterocycles. The minimum Gasteiger partial charge on any atom is -0.454 e. The summed E-state index contributed by atoms with van der Waals surface area (Å²) in [5, 5.41) is 6.13. The van der Waals surface area contributed by atoms with Crippen LogP contribution in [0.25, 0.3) is 0 Å². The van der Waals surface area contributed by atoms with Gasteiger partial charge in [-0.25, -0.2) is 0 Å². The lowest BCUT2D eigenvalue weighted by atomic mass is 10.2. The SMILES string of the molecule is C[C@@H](Nc1cccc(N2CCCC2=O)c1)C(=O)NCc1ccc2c(c1)OCO2. The summed E-state index contributed by atoms with van der Waals surface area (Å²) in [6.07, 6.45) is 1.48. The molecule has 146 valence electrons. The normalized spacial score (nSPS) is 16.2. The number of anilines is 2. The highest BCUT2D eigenvalue weighted by Crippen LogP contribution is 2.32. The first kappa shape index (κ1) is 18.2. The summed E-state index contributed by atoms with van der Waals surface area (Å²) < 4.78 is 10.7. The van der Waals surface area contributed by atoms with Crippen molar-refractivity contribution in [3.05, 3.63) is 48.0 Å². The highest BCUT2D eigenvalue weighted by molar-refractivity contribution is 5.95. The molecule has 28 heavy (non-hydrogen) atoms. The zero-order valence-corrected chi connectivity index (χ0v) is 15.7. The quantitative estimate of drug-likeness (QED) is 0.804. The van der Waals surface area contributed by atoms with Gasteiger partial charge in [0.15, 0.2) is 11.5 Å². The van der Waals surface area contributed by atoms with Gasteiger partial charge < -0.3 is 25.0 Å². The summed E-state index contributed by atoms with van der Waals surface area (Å²) in [5.74, 6) is 1.46. The van der Waals surface area contributed by atoms with Gasteiger partial charge in [0, 0.05) is 30.9 Å². The number of benzene rings is 2. The van der Waals surface area contributed by atoms with Crippen LogP contribution in [0.3, 0.4) is 0 Å². The van der Waals surface area contributed by atoms with E-state index >= 15 is 0 Å². The van der Waals surface area contributed by atoms with Gasteiger partial charge in [0.1, 0.15) is 6.04 Å². The van der Waals surface area contributed by atoms with Crippen molar-refractivity contribution in [2.24, 2.45) is 0 Å². The lowest BCUT2D eigenvalue weighted by Crippen LogP contribution is -2.37. The molecule has 0 unspecified atom stereocenters. The molecular formula is C21H23N3O4. The molecule has 7 heteroatoms. The van der Waals surface area contributed by atoms with Crippen LogP contribution in [0.4, 0.5) is 11.4 Å². The maximum absolute atomic E-state index is 12.5. The fraction of sp³-hybridized carbons (Fsp3) is 0.333. The van der Waals surface area contributed by atoms with Gasteiger partial charge >= 0.3 is 0 Å². The Morgan fingerprint density at radius 3 is 2.86 bits per heavy atom. The predicted octanol–water partition coefficient (Wildman–Crippen LogP) is 2.66. The number of nitrogens with one attached hydrogen (secondary N) is 2. The second-order valence-electron chi connectivity index (χ2n) is 6.97. The third-order valence-electron chi connectivity index (χ3n) is 4.91. The highest BCUT2D eigenvalue weighted by Gasteiger charge is 2.22. The zero-order valence-electron chi connectivity index (χ0n) is 15.7. The van der Waals surface area contributed by atoms with E-state index in [0.717, 1.165) is 35.7 Å². The lowest BCUT2D eigenvalue weighted by molar-refractivity contribution is -0.121. The molecule has 1 saturated heterocycles. The Morgan fingerprint density at radius 2 is 2.04 bits per heavy atom. The van der Waals surface area contributed by atoms with Gasteiger partial charge in [0.2, 0.25) is 18.6 Å². The van der Waals surface area contributed by atoms with Gasteiger partial charge in [0.05, 0.1) is 0 Å². The molecule has 0 aliphatic carbocycles. The van der Waals surface area contributed by atoms with Crippen LogP contribution in [0.2, 0.25) is 0 Å². The standard InChI is InChI=1S/C21H23N3O4/c1-14(21(26)22-12-15-7-8-18-19(10-15)28-13-27-18)23-16-4-2-5-17(11-16)24-9-3-6-20(24)25/h2,4-5,7-8,10-11,14,23H,3,6,9,12-13H2,1H3,(H,22,26)/t14-/m1/s1. The van der Waals surface area contributed by atoms with Crippen molar-refractivity contribution >= 4 is 23.2 Å². The number of hydrogen-bond acceptors (Lipinski definition) is 5. The van der Waals surface area contributed by atoms with Crippen molar-refractivity contribution in [2.75, 3.05) is 23.6 Å². The van der Waals surface area contributed by atoms with E-state index in [9.17, 15) is 9.59 Å². The number of hydrogen-bond donors (Lipinski definition) is 2. The molecule has 0 bridgehead atoms. The van der Waals surface area contributed by atoms with Crippen LogP contribution in [0, 0.1) is 0 Å². The molecule has 2 aliphatic rings. The van der Waals surface area contributed by atoms with Gasteiger partial charge in [-0.2, -0.15) is 0 Å². The number of fused-ring (bicyclic) bond motifs is 1. The van der Waals surface area contributed by atoms with Crippen LogP contribution >= 0.6 is 0 Å². The van der Waals surface area contributed by atoms with Crippen molar-refractivity contribution in [1.29, 1.82) is 0 Å². The summed E-state index contributed by atoms with van der Waals surface area (Å²) in [4.78, 5) is 26.2. The van der Waals surface area contributed by atoms with Crippen LogP contribution in [-0.2, 0) is 16.1 Å². The monoisotopic (exact) mass is 381 g/mol. The maximum atomic E-state index is 12.5. The summed E-state index contributed by atoms with van der Waals surface area (Å²) in [6, 6.07) is 12.8. The lowest BCUT2D eigenvalue weighted by Gasteiger charge is -2.19. The Hall–Kier alpha value is -3.22. The maximum Gasteiger partial charge on any atom is 0.242 e. The summed E-state index contributed by atoms with van der Waals surface area (Å²) in [7, 11) is 0. The van der Waals surface area contributed by atoms with Gasteiger partial charge in [-0.3, -0.25) is 9.59 Å². The van der Waals surface area contributed by atoms with Crippen molar-refractivity contribution in [2.45, 2.75) is 32.4 Å². The topological polar surface area (TPSA) is 79.9 Å². The fourth-order valence-electron chi connectivity index (χ4n) is 3.39. The summed E-state index contributed by atoms with van der Waals surface area (Å²) >= 11 is 0. The molecule has 2 aromatic carbocycles. The summed E-state index contributed by atoms with van der Waals surface area (Å²) in [6.45, 7) is 3.19. The molecule has 7 nitrogen and oxygen atoms in total. The predicted molar refractivity (Wildman–Crippen MR) is 106 cm³/mol. The number of carbonyl (C=O) groups is 2. The first-order valence-electron chi connectivity index (χ1n) is 9.43. The molecule has 1 fully saturated rings. The van der Waals surface area contributed by atoms with Crippen LogP contribution in [0.1, 0.15) is 25.3 Å². The van der Waals surface area contributed by atoms with Crippen LogP contribution in [-0.4, -0.2) is 31.2 Å². The third-order valence-corrected chi connectivity index (χ3v) is 4.91. The molecule has 2 aromatic rings. The Morgan fingerprint density at radius 1 is 1.18 bits per heavy atom. The van der Waals surface area contributed by atoms with Crippen molar-refractivity contribution in [3.8, 4) is 11.5 Å². The third kappa shape index (κ3) is 3.88. The number of amides is 2. The first-order valence-corrected chi connectivity index (χ1v) is 9.43. The number of ether oxygens (including phenoxy) is 2. The molecule has 2 aliphatic heterocycles. The van der Waals surface area contributed by atoms with E-state index in [1.165, 1.54) is 0 Å². The number of rotatable bonds is 6. The molecule has 4 rings (SSSR count). The number of carbonyl (C=O) groups excluding carboxylic acids is 2. The molecule has 0 spiro atoms. The van der Waals surface area contributed by atoms with Gasteiger partial charge in [-0.15, -0.1) is 0 Å². The van der Waals surface area contributed by atoms with E-state index < -0.39 is 6.04 Å². The van der Waals surface area contributed by atoms with Crippen molar-refractivity contribution in [1.82, 2.24) is 5.32 Å². The molecule has 0 radical (unpaired) electrons. The van der Waals surface area contributed by atoms with Gasteiger partial charge in [0.25, 0.3) is 0 Å². The molecule has 2 N–H and O–H groups in total. The Balaban J connectivity index is 1.33.